The Morgan fingerprint density at radius 3 is 2.71 bits per heavy atom. The van der Waals surface area contributed by atoms with E-state index in [1.165, 1.54) is 6.07 Å². The lowest BCUT2D eigenvalue weighted by atomic mass is 9.90. The number of amides is 1. The number of carbonyl (C=O) groups is 1. The van der Waals surface area contributed by atoms with E-state index in [0.717, 1.165) is 49.5 Å². The molecule has 148 valence electrons. The van der Waals surface area contributed by atoms with Crippen LogP contribution in [-0.2, 0) is 4.79 Å². The molecular weight excluding hydrogens is 355 g/mol. The second-order valence-electron chi connectivity index (χ2n) is 7.72. The molecule has 2 aliphatic heterocycles. The van der Waals surface area contributed by atoms with Gasteiger partial charge in [0.1, 0.15) is 11.6 Å². The predicted molar refractivity (Wildman–Crippen MR) is 107 cm³/mol. The molecule has 5 heteroatoms. The summed E-state index contributed by atoms with van der Waals surface area (Å²) >= 11 is 0. The van der Waals surface area contributed by atoms with Gasteiger partial charge in [0.05, 0.1) is 6.61 Å². The second-order valence-corrected chi connectivity index (χ2v) is 7.72. The van der Waals surface area contributed by atoms with Crippen LogP contribution in [0.15, 0.2) is 48.5 Å². The van der Waals surface area contributed by atoms with Gasteiger partial charge in [-0.15, -0.1) is 0 Å². The van der Waals surface area contributed by atoms with Gasteiger partial charge in [-0.05, 0) is 48.6 Å². The lowest BCUT2D eigenvalue weighted by Crippen LogP contribution is -2.49. The van der Waals surface area contributed by atoms with E-state index < -0.39 is 0 Å². The maximum absolute atomic E-state index is 13.5. The average Bonchev–Trinajstić information content (AvgIpc) is 2.73. The number of fused-ring (bicyclic) bond motifs is 1. The summed E-state index contributed by atoms with van der Waals surface area (Å²) in [4.78, 5) is 17.2. The number of rotatable bonds is 4. The minimum Gasteiger partial charge on any atom is -0.493 e. The molecule has 2 aliphatic rings. The van der Waals surface area contributed by atoms with E-state index in [9.17, 15) is 9.18 Å². The van der Waals surface area contributed by atoms with Gasteiger partial charge in [0.15, 0.2) is 0 Å². The molecule has 2 heterocycles. The van der Waals surface area contributed by atoms with E-state index >= 15 is 0 Å². The number of ether oxygens (including phenoxy) is 1. The zero-order valence-corrected chi connectivity index (χ0v) is 16.3. The number of hydrogen-bond donors (Lipinski definition) is 0. The molecule has 0 spiro atoms. The highest BCUT2D eigenvalue weighted by Gasteiger charge is 2.29. The van der Waals surface area contributed by atoms with Gasteiger partial charge < -0.3 is 9.64 Å². The topological polar surface area (TPSA) is 32.8 Å². The Bertz CT molecular complexity index is 833. The molecule has 0 radical (unpaired) electrons. The number of benzene rings is 2. The smallest absolute Gasteiger partial charge is 0.223 e. The first-order valence-electron chi connectivity index (χ1n) is 10.1. The largest absolute Gasteiger partial charge is 0.493 e. The number of para-hydroxylation sites is 1. The van der Waals surface area contributed by atoms with Crippen LogP contribution in [0.3, 0.4) is 0 Å². The SMILES string of the molecule is C[C@H](c1cccc(F)c1)N1CCN(C(=O)C[C@@H]2CCOc3ccccc32)CC1. The zero-order chi connectivity index (χ0) is 19.5. The first kappa shape index (κ1) is 18.9. The van der Waals surface area contributed by atoms with Crippen molar-refractivity contribution in [1.82, 2.24) is 9.80 Å². The van der Waals surface area contributed by atoms with Crippen molar-refractivity contribution in [3.63, 3.8) is 0 Å². The van der Waals surface area contributed by atoms with Crippen LogP contribution in [0.5, 0.6) is 5.75 Å². The Morgan fingerprint density at radius 1 is 1.14 bits per heavy atom. The molecule has 1 fully saturated rings. The lowest BCUT2D eigenvalue weighted by molar-refractivity contribution is -0.133. The normalized spacial score (nSPS) is 20.9. The van der Waals surface area contributed by atoms with Crippen LogP contribution in [0.4, 0.5) is 4.39 Å². The molecule has 0 N–H and O–H groups in total. The molecule has 2 atom stereocenters. The van der Waals surface area contributed by atoms with E-state index in [2.05, 4.69) is 17.9 Å². The van der Waals surface area contributed by atoms with Crippen molar-refractivity contribution in [3.8, 4) is 5.75 Å². The third-order valence-electron chi connectivity index (χ3n) is 6.05. The number of hydrogen-bond acceptors (Lipinski definition) is 3. The van der Waals surface area contributed by atoms with E-state index in [1.54, 1.807) is 12.1 Å². The van der Waals surface area contributed by atoms with Gasteiger partial charge in [-0.1, -0.05) is 30.3 Å². The molecule has 4 rings (SSSR count). The summed E-state index contributed by atoms with van der Waals surface area (Å²) in [5, 5.41) is 0. The fourth-order valence-corrected chi connectivity index (χ4v) is 4.30. The Balaban J connectivity index is 1.33. The standard InChI is InChI=1S/C23H27FN2O2/c1-17(18-5-4-6-20(24)15-18)25-10-12-26(13-11-25)23(27)16-19-9-14-28-22-8-3-2-7-21(19)22/h2-8,15,17,19H,9-14,16H2,1H3/t17-,19+/m1/s1. The van der Waals surface area contributed by atoms with E-state index in [0.29, 0.717) is 13.0 Å². The lowest BCUT2D eigenvalue weighted by Gasteiger charge is -2.39. The van der Waals surface area contributed by atoms with Gasteiger partial charge in [0, 0.05) is 38.6 Å². The van der Waals surface area contributed by atoms with E-state index in [1.807, 2.05) is 29.2 Å². The molecule has 0 saturated carbocycles. The Kier molecular flexibility index (Phi) is 5.62. The molecule has 28 heavy (non-hydrogen) atoms. The third-order valence-corrected chi connectivity index (χ3v) is 6.05. The number of nitrogens with zero attached hydrogens (tertiary/aromatic N) is 2. The minimum atomic E-state index is -0.199. The van der Waals surface area contributed by atoms with Gasteiger partial charge in [0.2, 0.25) is 5.91 Å². The highest BCUT2D eigenvalue weighted by Crippen LogP contribution is 2.36. The summed E-state index contributed by atoms with van der Waals surface area (Å²) in [6, 6.07) is 15.0. The highest BCUT2D eigenvalue weighted by atomic mass is 19.1. The quantitative estimate of drug-likeness (QED) is 0.802. The molecule has 0 aromatic heterocycles. The summed E-state index contributed by atoms with van der Waals surface area (Å²) in [7, 11) is 0. The molecule has 4 nitrogen and oxygen atoms in total. The van der Waals surface area contributed by atoms with Crippen molar-refractivity contribution in [1.29, 1.82) is 0 Å². The van der Waals surface area contributed by atoms with Gasteiger partial charge >= 0.3 is 0 Å². The fraction of sp³-hybridized carbons (Fsp3) is 0.435. The van der Waals surface area contributed by atoms with E-state index in [4.69, 9.17) is 4.74 Å². The Hall–Kier alpha value is -2.40. The molecule has 0 bridgehead atoms. The van der Waals surface area contributed by atoms with Gasteiger partial charge in [0.25, 0.3) is 0 Å². The number of halogens is 1. The van der Waals surface area contributed by atoms with Crippen molar-refractivity contribution in [2.75, 3.05) is 32.8 Å². The average molecular weight is 382 g/mol. The first-order chi connectivity index (χ1) is 13.6. The maximum atomic E-state index is 13.5. The summed E-state index contributed by atoms with van der Waals surface area (Å²) in [5.74, 6) is 1.18. The van der Waals surface area contributed by atoms with Gasteiger partial charge in [-0.25, -0.2) is 4.39 Å². The molecule has 0 unspecified atom stereocenters. The number of carbonyl (C=O) groups excluding carboxylic acids is 1. The molecule has 2 aromatic rings. The summed E-state index contributed by atoms with van der Waals surface area (Å²) in [6.45, 7) is 5.85. The van der Waals surface area contributed by atoms with Crippen LogP contribution >= 0.6 is 0 Å². The van der Waals surface area contributed by atoms with Gasteiger partial charge in [-0.3, -0.25) is 9.69 Å². The predicted octanol–water partition coefficient (Wildman–Crippen LogP) is 3.99. The summed E-state index contributed by atoms with van der Waals surface area (Å²) in [5.41, 5.74) is 2.14. The Labute approximate surface area is 165 Å². The summed E-state index contributed by atoms with van der Waals surface area (Å²) in [6.07, 6.45) is 1.43. The van der Waals surface area contributed by atoms with Crippen LogP contribution in [0.1, 0.15) is 42.9 Å². The Morgan fingerprint density at radius 2 is 1.93 bits per heavy atom. The third kappa shape index (κ3) is 4.04. The maximum Gasteiger partial charge on any atom is 0.223 e. The highest BCUT2D eigenvalue weighted by molar-refractivity contribution is 5.77. The van der Waals surface area contributed by atoms with Gasteiger partial charge in [-0.2, -0.15) is 0 Å². The van der Waals surface area contributed by atoms with Crippen molar-refractivity contribution in [3.05, 3.63) is 65.5 Å². The molecule has 1 amide bonds. The van der Waals surface area contributed by atoms with Crippen LogP contribution in [-0.4, -0.2) is 48.5 Å². The van der Waals surface area contributed by atoms with Crippen molar-refractivity contribution in [2.24, 2.45) is 0 Å². The van der Waals surface area contributed by atoms with E-state index in [-0.39, 0.29) is 23.7 Å². The van der Waals surface area contributed by atoms with Crippen LogP contribution in [0.2, 0.25) is 0 Å². The van der Waals surface area contributed by atoms with Crippen molar-refractivity contribution in [2.45, 2.75) is 31.7 Å². The van der Waals surface area contributed by atoms with Crippen LogP contribution in [0.25, 0.3) is 0 Å². The number of piperazine rings is 1. The van der Waals surface area contributed by atoms with Crippen molar-refractivity contribution >= 4 is 5.91 Å². The van der Waals surface area contributed by atoms with Crippen LogP contribution in [0, 0.1) is 5.82 Å². The zero-order valence-electron chi connectivity index (χ0n) is 16.3. The molecule has 0 aliphatic carbocycles. The molecular formula is C23H27FN2O2. The molecule has 2 aromatic carbocycles. The summed E-state index contributed by atoms with van der Waals surface area (Å²) < 4.78 is 19.2. The monoisotopic (exact) mass is 382 g/mol. The fourth-order valence-electron chi connectivity index (χ4n) is 4.30. The van der Waals surface area contributed by atoms with Crippen molar-refractivity contribution < 1.29 is 13.9 Å². The second kappa shape index (κ2) is 8.31. The molecule has 1 saturated heterocycles. The first-order valence-corrected chi connectivity index (χ1v) is 10.1. The van der Waals surface area contributed by atoms with Crippen LogP contribution < -0.4 is 4.74 Å². The minimum absolute atomic E-state index is 0.148.